The molecule has 4 heteroatoms. The van der Waals surface area contributed by atoms with Crippen LogP contribution in [0, 0.1) is 5.92 Å². The highest BCUT2D eigenvalue weighted by Gasteiger charge is 2.24. The van der Waals surface area contributed by atoms with Crippen molar-refractivity contribution < 1.29 is 4.79 Å². The second-order valence-electron chi connectivity index (χ2n) is 5.44. The monoisotopic (exact) mass is 300 g/mol. The Morgan fingerprint density at radius 1 is 1.19 bits per heavy atom. The van der Waals surface area contributed by atoms with Crippen LogP contribution in [0.5, 0.6) is 0 Å². The normalized spacial score (nSPS) is 17.1. The Labute approximate surface area is 129 Å². The van der Waals surface area contributed by atoms with Crippen molar-refractivity contribution in [3.63, 3.8) is 0 Å². The number of aryl methyl sites for hydroxylation is 1. The van der Waals surface area contributed by atoms with E-state index >= 15 is 0 Å². The van der Waals surface area contributed by atoms with Crippen LogP contribution in [0.4, 0.5) is 11.4 Å². The van der Waals surface area contributed by atoms with Crippen LogP contribution in [0.1, 0.15) is 17.5 Å². The number of carbonyl (C=O) groups is 1. The lowest BCUT2D eigenvalue weighted by Crippen LogP contribution is -2.28. The smallest absolute Gasteiger partial charge is 0.227 e. The molecular formula is C17H17ClN2O. The molecule has 0 fully saturated rings. The molecule has 3 N–H and O–H groups in total. The summed E-state index contributed by atoms with van der Waals surface area (Å²) in [7, 11) is 0. The fourth-order valence-corrected chi connectivity index (χ4v) is 2.96. The Morgan fingerprint density at radius 3 is 2.76 bits per heavy atom. The molecule has 2 aromatic carbocycles. The molecule has 1 atom stereocenters. The molecule has 0 radical (unpaired) electrons. The van der Waals surface area contributed by atoms with Crippen LogP contribution in [0.2, 0.25) is 5.02 Å². The van der Waals surface area contributed by atoms with E-state index in [-0.39, 0.29) is 11.8 Å². The Balaban J connectivity index is 1.74. The maximum Gasteiger partial charge on any atom is 0.227 e. The Bertz CT molecular complexity index is 684. The summed E-state index contributed by atoms with van der Waals surface area (Å²) in [6.07, 6.45) is 2.59. The number of fused-ring (bicyclic) bond motifs is 1. The van der Waals surface area contributed by atoms with E-state index in [9.17, 15) is 4.79 Å². The first kappa shape index (κ1) is 14.0. The van der Waals surface area contributed by atoms with Crippen molar-refractivity contribution in [3.05, 3.63) is 58.6 Å². The number of nitrogen functional groups attached to an aromatic ring is 1. The second-order valence-corrected chi connectivity index (χ2v) is 5.84. The number of carbonyl (C=O) groups excluding carboxylic acids is 1. The summed E-state index contributed by atoms with van der Waals surface area (Å²) in [5, 5.41) is 3.41. The summed E-state index contributed by atoms with van der Waals surface area (Å²) in [6, 6.07) is 13.4. The van der Waals surface area contributed by atoms with Crippen molar-refractivity contribution in [2.75, 3.05) is 11.1 Å². The third-order valence-corrected chi connectivity index (χ3v) is 4.30. The average molecular weight is 301 g/mol. The van der Waals surface area contributed by atoms with Gasteiger partial charge in [-0.2, -0.15) is 0 Å². The first-order chi connectivity index (χ1) is 10.1. The number of hydrogen-bond donors (Lipinski definition) is 2. The number of rotatable bonds is 2. The van der Waals surface area contributed by atoms with Crippen LogP contribution in [0.25, 0.3) is 0 Å². The summed E-state index contributed by atoms with van der Waals surface area (Å²) >= 11 is 6.09. The van der Waals surface area contributed by atoms with Crippen molar-refractivity contribution >= 4 is 28.9 Å². The van der Waals surface area contributed by atoms with Gasteiger partial charge in [-0.15, -0.1) is 0 Å². The number of anilines is 2. The molecule has 1 aliphatic carbocycles. The van der Waals surface area contributed by atoms with Crippen molar-refractivity contribution in [2.45, 2.75) is 19.3 Å². The molecule has 1 amide bonds. The lowest BCUT2D eigenvalue weighted by Gasteiger charge is -2.24. The molecule has 0 aliphatic heterocycles. The minimum absolute atomic E-state index is 0.0111. The van der Waals surface area contributed by atoms with Gasteiger partial charge < -0.3 is 11.1 Å². The molecule has 0 aromatic heterocycles. The highest BCUT2D eigenvalue weighted by molar-refractivity contribution is 6.33. The number of amides is 1. The van der Waals surface area contributed by atoms with Gasteiger partial charge in [-0.25, -0.2) is 0 Å². The minimum Gasteiger partial charge on any atom is -0.399 e. The van der Waals surface area contributed by atoms with E-state index in [2.05, 4.69) is 17.4 Å². The van der Waals surface area contributed by atoms with Crippen LogP contribution >= 0.6 is 11.6 Å². The highest BCUT2D eigenvalue weighted by Crippen LogP contribution is 2.28. The Morgan fingerprint density at radius 2 is 1.95 bits per heavy atom. The maximum absolute atomic E-state index is 12.4. The molecule has 0 spiro atoms. The number of hydrogen-bond acceptors (Lipinski definition) is 2. The molecule has 1 unspecified atom stereocenters. The van der Waals surface area contributed by atoms with Crippen molar-refractivity contribution in [1.82, 2.24) is 0 Å². The average Bonchev–Trinajstić information content (AvgIpc) is 2.50. The van der Waals surface area contributed by atoms with Crippen LogP contribution in [-0.2, 0) is 17.6 Å². The van der Waals surface area contributed by atoms with Gasteiger partial charge in [0.2, 0.25) is 5.91 Å². The van der Waals surface area contributed by atoms with Gasteiger partial charge in [0.25, 0.3) is 0 Å². The summed E-state index contributed by atoms with van der Waals surface area (Å²) in [4.78, 5) is 12.4. The molecule has 2 aromatic rings. The quantitative estimate of drug-likeness (QED) is 0.832. The molecule has 108 valence electrons. The van der Waals surface area contributed by atoms with Gasteiger partial charge in [0, 0.05) is 11.6 Å². The van der Waals surface area contributed by atoms with E-state index in [1.54, 1.807) is 18.2 Å². The molecule has 1 aliphatic rings. The summed E-state index contributed by atoms with van der Waals surface area (Å²) < 4.78 is 0. The van der Waals surface area contributed by atoms with E-state index in [1.807, 2.05) is 12.1 Å². The summed E-state index contributed by atoms with van der Waals surface area (Å²) in [6.45, 7) is 0. The first-order valence-electron chi connectivity index (χ1n) is 7.06. The van der Waals surface area contributed by atoms with Gasteiger partial charge >= 0.3 is 0 Å². The van der Waals surface area contributed by atoms with Crippen molar-refractivity contribution in [3.8, 4) is 0 Å². The predicted molar refractivity (Wildman–Crippen MR) is 86.5 cm³/mol. The molecule has 3 nitrogen and oxygen atoms in total. The van der Waals surface area contributed by atoms with Crippen LogP contribution in [0.3, 0.4) is 0 Å². The molecular weight excluding hydrogens is 284 g/mol. The van der Waals surface area contributed by atoms with Crippen molar-refractivity contribution in [1.29, 1.82) is 0 Å². The van der Waals surface area contributed by atoms with Crippen LogP contribution in [-0.4, -0.2) is 5.91 Å². The summed E-state index contributed by atoms with van der Waals surface area (Å²) in [5.74, 6) is -0.00518. The van der Waals surface area contributed by atoms with Gasteiger partial charge in [-0.05, 0) is 48.6 Å². The minimum atomic E-state index is -0.0163. The zero-order chi connectivity index (χ0) is 14.8. The van der Waals surface area contributed by atoms with E-state index < -0.39 is 0 Å². The first-order valence-corrected chi connectivity index (χ1v) is 7.44. The van der Waals surface area contributed by atoms with Crippen LogP contribution in [0.15, 0.2) is 42.5 Å². The third-order valence-electron chi connectivity index (χ3n) is 3.97. The SMILES string of the molecule is Nc1ccc(Cl)c(NC(=O)C2CCc3ccccc3C2)c1. The van der Waals surface area contributed by atoms with E-state index in [0.717, 1.165) is 19.3 Å². The summed E-state index contributed by atoms with van der Waals surface area (Å²) in [5.41, 5.74) is 9.52. The van der Waals surface area contributed by atoms with Gasteiger partial charge in [-0.1, -0.05) is 35.9 Å². The molecule has 21 heavy (non-hydrogen) atoms. The Kier molecular flexibility index (Phi) is 3.84. The van der Waals surface area contributed by atoms with Gasteiger partial charge in [0.15, 0.2) is 0 Å². The highest BCUT2D eigenvalue weighted by atomic mass is 35.5. The zero-order valence-corrected chi connectivity index (χ0v) is 12.4. The number of halogens is 1. The fraction of sp³-hybridized carbons (Fsp3) is 0.235. The van der Waals surface area contributed by atoms with Crippen LogP contribution < -0.4 is 11.1 Å². The molecule has 0 saturated heterocycles. The maximum atomic E-state index is 12.4. The standard InChI is InChI=1S/C17H17ClN2O/c18-15-8-7-14(19)10-16(15)20-17(21)13-6-5-11-3-1-2-4-12(11)9-13/h1-4,7-8,10,13H,5-6,9,19H2,(H,20,21). The second kappa shape index (κ2) is 5.78. The van der Waals surface area contributed by atoms with E-state index in [4.69, 9.17) is 17.3 Å². The number of nitrogens with two attached hydrogens (primary N) is 1. The lowest BCUT2D eigenvalue weighted by atomic mass is 9.83. The number of nitrogens with one attached hydrogen (secondary N) is 1. The van der Waals surface area contributed by atoms with E-state index in [0.29, 0.717) is 16.4 Å². The largest absolute Gasteiger partial charge is 0.399 e. The van der Waals surface area contributed by atoms with Crippen molar-refractivity contribution in [2.24, 2.45) is 5.92 Å². The van der Waals surface area contributed by atoms with Gasteiger partial charge in [0.05, 0.1) is 10.7 Å². The Hall–Kier alpha value is -2.00. The van der Waals surface area contributed by atoms with E-state index in [1.165, 1.54) is 11.1 Å². The topological polar surface area (TPSA) is 55.1 Å². The molecule has 0 heterocycles. The third kappa shape index (κ3) is 3.03. The lowest BCUT2D eigenvalue weighted by molar-refractivity contribution is -0.120. The number of benzene rings is 2. The molecule has 3 rings (SSSR count). The van der Waals surface area contributed by atoms with Gasteiger partial charge in [-0.3, -0.25) is 4.79 Å². The van der Waals surface area contributed by atoms with Gasteiger partial charge in [0.1, 0.15) is 0 Å². The molecule has 0 saturated carbocycles. The zero-order valence-electron chi connectivity index (χ0n) is 11.6. The fourth-order valence-electron chi connectivity index (χ4n) is 2.80. The predicted octanol–water partition coefficient (Wildman–Crippen LogP) is 3.67. The molecule has 0 bridgehead atoms.